The standard InChI is InChI=1S/C5H6ClO/c6-4-2-1-3-5-7/h2,4-5H2. The zero-order valence-electron chi connectivity index (χ0n) is 3.91. The minimum Gasteiger partial charge on any atom is -0.223 e. The van der Waals surface area contributed by atoms with Gasteiger partial charge in [-0.25, -0.2) is 5.11 Å². The van der Waals surface area contributed by atoms with Crippen LogP contribution < -0.4 is 0 Å². The van der Waals surface area contributed by atoms with Crippen LogP contribution in [0.25, 0.3) is 0 Å². The predicted molar refractivity (Wildman–Crippen MR) is 28.7 cm³/mol. The van der Waals surface area contributed by atoms with Gasteiger partial charge < -0.3 is 0 Å². The average molecular weight is 118 g/mol. The van der Waals surface area contributed by atoms with Crippen molar-refractivity contribution in [1.29, 1.82) is 0 Å². The van der Waals surface area contributed by atoms with E-state index in [2.05, 4.69) is 11.8 Å². The first-order valence-corrected chi connectivity index (χ1v) is 2.55. The van der Waals surface area contributed by atoms with Crippen LogP contribution in [0, 0.1) is 11.8 Å². The minimum absolute atomic E-state index is 0.309. The van der Waals surface area contributed by atoms with Gasteiger partial charge in [-0.2, -0.15) is 0 Å². The SMILES string of the molecule is [O]CC#CCCCl. The van der Waals surface area contributed by atoms with E-state index in [9.17, 15) is 5.11 Å². The molecular weight excluding hydrogens is 112 g/mol. The van der Waals surface area contributed by atoms with Gasteiger partial charge in [0.2, 0.25) is 0 Å². The molecule has 0 fully saturated rings. The van der Waals surface area contributed by atoms with Crippen molar-refractivity contribution in [1.82, 2.24) is 0 Å². The summed E-state index contributed by atoms with van der Waals surface area (Å²) >= 11 is 5.23. The monoisotopic (exact) mass is 117 g/mol. The lowest BCUT2D eigenvalue weighted by Crippen LogP contribution is -1.70. The molecule has 39 valence electrons. The summed E-state index contributed by atoms with van der Waals surface area (Å²) in [5.41, 5.74) is 0. The molecular formula is C5H6ClO. The summed E-state index contributed by atoms with van der Waals surface area (Å²) in [5.74, 6) is 5.47. The van der Waals surface area contributed by atoms with E-state index < -0.39 is 0 Å². The first-order chi connectivity index (χ1) is 3.41. The molecule has 0 atom stereocenters. The highest BCUT2D eigenvalue weighted by Gasteiger charge is 1.68. The van der Waals surface area contributed by atoms with E-state index in [1.807, 2.05) is 0 Å². The maximum absolute atomic E-state index is 9.59. The lowest BCUT2D eigenvalue weighted by Gasteiger charge is -1.71. The molecule has 0 aromatic heterocycles. The normalized spacial score (nSPS) is 7.14. The quantitative estimate of drug-likeness (QED) is 0.362. The van der Waals surface area contributed by atoms with Gasteiger partial charge in [0.25, 0.3) is 0 Å². The summed E-state index contributed by atoms with van der Waals surface area (Å²) in [7, 11) is 0. The van der Waals surface area contributed by atoms with E-state index in [1.54, 1.807) is 0 Å². The first kappa shape index (κ1) is 6.81. The molecule has 1 nitrogen and oxygen atoms in total. The molecule has 0 amide bonds. The van der Waals surface area contributed by atoms with Gasteiger partial charge in [0, 0.05) is 12.3 Å². The summed E-state index contributed by atoms with van der Waals surface area (Å²) < 4.78 is 0. The fraction of sp³-hybridized carbons (Fsp3) is 0.600. The van der Waals surface area contributed by atoms with Gasteiger partial charge in [-0.15, -0.1) is 11.6 Å². The Labute approximate surface area is 48.3 Å². The Hall–Kier alpha value is -0.190. The van der Waals surface area contributed by atoms with Crippen LogP contribution in [0.2, 0.25) is 0 Å². The van der Waals surface area contributed by atoms with Crippen LogP contribution in [0.1, 0.15) is 6.42 Å². The summed E-state index contributed by atoms with van der Waals surface area (Å²) in [6.07, 6.45) is 0.629. The van der Waals surface area contributed by atoms with Crippen LogP contribution in [0.15, 0.2) is 0 Å². The molecule has 0 saturated carbocycles. The third-order valence-corrected chi connectivity index (χ3v) is 0.606. The molecule has 2 heteroatoms. The molecule has 0 N–H and O–H groups in total. The highest BCUT2D eigenvalue weighted by Crippen LogP contribution is 1.78. The van der Waals surface area contributed by atoms with E-state index in [4.69, 9.17) is 11.6 Å². The molecule has 0 aromatic rings. The summed E-state index contributed by atoms with van der Waals surface area (Å²) in [6.45, 7) is -0.309. The van der Waals surface area contributed by atoms with E-state index in [0.717, 1.165) is 0 Å². The highest BCUT2D eigenvalue weighted by molar-refractivity contribution is 6.17. The van der Waals surface area contributed by atoms with Crippen LogP contribution in [-0.2, 0) is 5.11 Å². The van der Waals surface area contributed by atoms with E-state index in [-0.39, 0.29) is 6.61 Å². The molecule has 0 saturated heterocycles. The topological polar surface area (TPSA) is 19.9 Å². The van der Waals surface area contributed by atoms with Gasteiger partial charge >= 0.3 is 0 Å². The van der Waals surface area contributed by atoms with Crippen molar-refractivity contribution in [3.63, 3.8) is 0 Å². The molecule has 0 bridgehead atoms. The number of hydrogen-bond acceptors (Lipinski definition) is 0. The Morgan fingerprint density at radius 1 is 1.43 bits per heavy atom. The molecule has 0 aliphatic heterocycles. The second-order valence-corrected chi connectivity index (χ2v) is 1.31. The fourth-order valence-electron chi connectivity index (χ4n) is 0.187. The molecule has 0 aliphatic carbocycles. The zero-order valence-corrected chi connectivity index (χ0v) is 4.66. The van der Waals surface area contributed by atoms with E-state index in [1.165, 1.54) is 0 Å². The molecule has 0 aromatic carbocycles. The summed E-state index contributed by atoms with van der Waals surface area (Å²) in [4.78, 5) is 0. The van der Waals surface area contributed by atoms with Gasteiger partial charge in [-0.05, 0) is 0 Å². The molecule has 7 heavy (non-hydrogen) atoms. The van der Waals surface area contributed by atoms with Crippen LogP contribution in [0.4, 0.5) is 0 Å². The Balaban J connectivity index is 2.91. The number of alkyl halides is 1. The number of halogens is 1. The van der Waals surface area contributed by atoms with E-state index in [0.29, 0.717) is 12.3 Å². The Kier molecular flexibility index (Phi) is 5.65. The second kappa shape index (κ2) is 5.81. The lowest BCUT2D eigenvalue weighted by atomic mass is 10.5. The van der Waals surface area contributed by atoms with Crippen LogP contribution in [0.3, 0.4) is 0 Å². The number of hydrogen-bond donors (Lipinski definition) is 0. The lowest BCUT2D eigenvalue weighted by molar-refractivity contribution is 0.239. The average Bonchev–Trinajstić information content (AvgIpc) is 1.69. The van der Waals surface area contributed by atoms with Crippen LogP contribution in [-0.4, -0.2) is 12.5 Å². The Bertz CT molecular complexity index is 79.8. The maximum atomic E-state index is 9.59. The molecule has 0 spiro atoms. The summed E-state index contributed by atoms with van der Waals surface area (Å²) in [6, 6.07) is 0. The predicted octanol–water partition coefficient (Wildman–Crippen LogP) is 1.05. The van der Waals surface area contributed by atoms with Crippen molar-refractivity contribution in [3.8, 4) is 11.8 Å². The van der Waals surface area contributed by atoms with Crippen LogP contribution >= 0.6 is 11.6 Å². The Morgan fingerprint density at radius 2 is 2.14 bits per heavy atom. The molecule has 0 rings (SSSR count). The molecule has 0 heterocycles. The van der Waals surface area contributed by atoms with Crippen molar-refractivity contribution in [2.75, 3.05) is 12.5 Å². The smallest absolute Gasteiger partial charge is 0.143 e. The van der Waals surface area contributed by atoms with Crippen molar-refractivity contribution >= 4 is 11.6 Å². The second-order valence-electron chi connectivity index (χ2n) is 0.937. The molecule has 0 unspecified atom stereocenters. The van der Waals surface area contributed by atoms with Gasteiger partial charge in [-0.1, -0.05) is 11.8 Å². The van der Waals surface area contributed by atoms with Crippen molar-refractivity contribution in [2.45, 2.75) is 6.42 Å². The van der Waals surface area contributed by atoms with Crippen molar-refractivity contribution in [2.24, 2.45) is 0 Å². The van der Waals surface area contributed by atoms with Crippen molar-refractivity contribution < 1.29 is 5.11 Å². The minimum atomic E-state index is -0.309. The largest absolute Gasteiger partial charge is 0.223 e. The van der Waals surface area contributed by atoms with Crippen LogP contribution in [0.5, 0.6) is 0 Å². The van der Waals surface area contributed by atoms with Gasteiger partial charge in [0.1, 0.15) is 6.61 Å². The third kappa shape index (κ3) is 5.81. The number of rotatable bonds is 1. The molecule has 0 aliphatic rings. The maximum Gasteiger partial charge on any atom is 0.143 e. The Morgan fingerprint density at radius 3 is 2.57 bits per heavy atom. The fourth-order valence-corrected chi connectivity index (χ4v) is 0.281. The molecule has 1 radical (unpaired) electrons. The van der Waals surface area contributed by atoms with Crippen molar-refractivity contribution in [3.05, 3.63) is 0 Å². The third-order valence-electron chi connectivity index (χ3n) is 0.417. The summed E-state index contributed by atoms with van der Waals surface area (Å²) in [5, 5.41) is 9.59. The highest BCUT2D eigenvalue weighted by atomic mass is 35.5. The van der Waals surface area contributed by atoms with Gasteiger partial charge in [-0.3, -0.25) is 0 Å². The first-order valence-electron chi connectivity index (χ1n) is 2.01. The van der Waals surface area contributed by atoms with Gasteiger partial charge in [0.05, 0.1) is 0 Å². The van der Waals surface area contributed by atoms with Gasteiger partial charge in [0.15, 0.2) is 0 Å². The zero-order chi connectivity index (χ0) is 5.54. The van der Waals surface area contributed by atoms with E-state index >= 15 is 0 Å².